The highest BCUT2D eigenvalue weighted by Gasteiger charge is 2.27. The van der Waals surface area contributed by atoms with Crippen LogP contribution in [0.15, 0.2) is 34.7 Å². The third kappa shape index (κ3) is 5.30. The molecule has 3 heterocycles. The number of nitrogens with zero attached hydrogens (tertiary/aromatic N) is 4. The first-order valence-electron chi connectivity index (χ1n) is 11.7. The second kappa shape index (κ2) is 10.6. The first-order valence-corrected chi connectivity index (χ1v) is 11.7. The number of rotatable bonds is 9. The van der Waals surface area contributed by atoms with Crippen molar-refractivity contribution in [1.29, 1.82) is 0 Å². The van der Waals surface area contributed by atoms with Gasteiger partial charge in [-0.2, -0.15) is 9.61 Å². The molecule has 0 radical (unpaired) electrons. The minimum absolute atomic E-state index is 0.0168. The Bertz CT molecular complexity index is 1410. The topological polar surface area (TPSA) is 141 Å². The van der Waals surface area contributed by atoms with Gasteiger partial charge in [-0.15, -0.1) is 10.2 Å². The zero-order valence-corrected chi connectivity index (χ0v) is 20.8. The minimum Gasteiger partial charge on any atom is -0.473 e. The monoisotopic (exact) mass is 514 g/mol. The van der Waals surface area contributed by atoms with Gasteiger partial charge in [0.15, 0.2) is 0 Å². The lowest BCUT2D eigenvalue weighted by Crippen LogP contribution is -2.31. The predicted molar refractivity (Wildman–Crippen MR) is 129 cm³/mol. The summed E-state index contributed by atoms with van der Waals surface area (Å²) in [6.45, 7) is 6.36. The van der Waals surface area contributed by atoms with Gasteiger partial charge < -0.3 is 25.3 Å². The second-order valence-electron chi connectivity index (χ2n) is 9.07. The van der Waals surface area contributed by atoms with Gasteiger partial charge in [-0.1, -0.05) is 19.9 Å². The van der Waals surface area contributed by atoms with Crippen molar-refractivity contribution in [3.05, 3.63) is 76.1 Å². The van der Waals surface area contributed by atoms with Crippen molar-refractivity contribution >= 4 is 11.4 Å². The third-order valence-electron chi connectivity index (χ3n) is 5.92. The van der Waals surface area contributed by atoms with Gasteiger partial charge in [-0.3, -0.25) is 4.79 Å². The van der Waals surface area contributed by atoms with Crippen LogP contribution in [0.25, 0.3) is 5.52 Å². The Morgan fingerprint density at radius 1 is 1.19 bits per heavy atom. The van der Waals surface area contributed by atoms with E-state index >= 15 is 0 Å². The number of pyridine rings is 1. The van der Waals surface area contributed by atoms with Crippen molar-refractivity contribution in [3.8, 4) is 5.88 Å². The number of aryl methyl sites for hydroxylation is 2. The molecule has 0 aliphatic carbocycles. The zero-order valence-electron chi connectivity index (χ0n) is 20.8. The van der Waals surface area contributed by atoms with E-state index in [1.807, 2.05) is 13.8 Å². The molecule has 1 aromatic carbocycles. The summed E-state index contributed by atoms with van der Waals surface area (Å²) in [5, 5.41) is 24.9. The molecule has 0 aliphatic heterocycles. The maximum absolute atomic E-state index is 14.1. The smallest absolute Gasteiger partial charge is 0.256 e. The van der Waals surface area contributed by atoms with Crippen LogP contribution in [-0.4, -0.2) is 37.4 Å². The van der Waals surface area contributed by atoms with Gasteiger partial charge in [-0.25, -0.2) is 8.78 Å². The van der Waals surface area contributed by atoms with Gasteiger partial charge in [0.25, 0.3) is 5.91 Å². The summed E-state index contributed by atoms with van der Waals surface area (Å²) in [5.41, 5.74) is 7.56. The van der Waals surface area contributed by atoms with Crippen LogP contribution in [0.1, 0.15) is 64.9 Å². The molecule has 0 spiro atoms. The fourth-order valence-electron chi connectivity index (χ4n) is 3.78. The molecule has 0 saturated carbocycles. The lowest BCUT2D eigenvalue weighted by Gasteiger charge is -2.14. The maximum atomic E-state index is 14.1. The SMILES string of the molecule is Cc1cc(OCc2c(F)cccc2F)n2nc(C)c(C(=O)N[C@@H](CO)c3nnc([C@@H](N)C(C)C)o3)c2c1. The van der Waals surface area contributed by atoms with Crippen molar-refractivity contribution < 1.29 is 27.8 Å². The predicted octanol–water partition coefficient (Wildman–Crippen LogP) is 3.31. The summed E-state index contributed by atoms with van der Waals surface area (Å²) in [6, 6.07) is 5.47. The number of benzene rings is 1. The highest BCUT2D eigenvalue weighted by atomic mass is 19.1. The largest absolute Gasteiger partial charge is 0.473 e. The van der Waals surface area contributed by atoms with Crippen LogP contribution < -0.4 is 15.8 Å². The van der Waals surface area contributed by atoms with E-state index in [1.54, 1.807) is 26.0 Å². The van der Waals surface area contributed by atoms with Crippen LogP contribution in [0.2, 0.25) is 0 Å². The number of fused-ring (bicyclic) bond motifs is 1. The molecule has 0 aliphatic rings. The summed E-state index contributed by atoms with van der Waals surface area (Å²) >= 11 is 0. The standard InChI is InChI=1S/C25H28F2N6O4/c1-12(2)22(28)25-31-30-24(37-25)18(10-34)29-23(35)21-14(4)32-33-19(21)8-13(3)9-20(33)36-11-15-16(26)6-5-7-17(15)27/h5-9,12,18,22,34H,10-11,28H2,1-4H3,(H,29,35)/t18-,22-/m0/s1. The Morgan fingerprint density at radius 3 is 2.51 bits per heavy atom. The molecule has 0 saturated heterocycles. The minimum atomic E-state index is -0.980. The average Bonchev–Trinajstić information content (AvgIpc) is 3.46. The van der Waals surface area contributed by atoms with Gasteiger partial charge in [-0.05, 0) is 43.5 Å². The Morgan fingerprint density at radius 2 is 1.86 bits per heavy atom. The molecule has 0 unspecified atom stereocenters. The van der Waals surface area contributed by atoms with Crippen molar-refractivity contribution in [1.82, 2.24) is 25.1 Å². The lowest BCUT2D eigenvalue weighted by molar-refractivity contribution is 0.0904. The number of hydrogen-bond acceptors (Lipinski definition) is 8. The van der Waals surface area contributed by atoms with Crippen LogP contribution in [0.4, 0.5) is 8.78 Å². The summed E-state index contributed by atoms with van der Waals surface area (Å²) in [4.78, 5) is 13.3. The molecule has 10 nitrogen and oxygen atoms in total. The van der Waals surface area contributed by atoms with Crippen molar-refractivity contribution in [2.24, 2.45) is 11.7 Å². The summed E-state index contributed by atoms with van der Waals surface area (Å²) in [6.07, 6.45) is 0. The van der Waals surface area contributed by atoms with Gasteiger partial charge in [0.1, 0.15) is 24.3 Å². The summed E-state index contributed by atoms with van der Waals surface area (Å²) < 4.78 is 40.8. The van der Waals surface area contributed by atoms with E-state index in [4.69, 9.17) is 14.9 Å². The van der Waals surface area contributed by atoms with Gasteiger partial charge in [0.2, 0.25) is 17.7 Å². The van der Waals surface area contributed by atoms with E-state index in [-0.39, 0.29) is 41.3 Å². The molecule has 1 amide bonds. The van der Waals surface area contributed by atoms with Gasteiger partial charge in [0.05, 0.1) is 35.0 Å². The molecule has 4 aromatic rings. The zero-order chi connectivity index (χ0) is 26.9. The molecule has 3 aromatic heterocycles. The van der Waals surface area contributed by atoms with E-state index in [1.165, 1.54) is 10.6 Å². The number of aromatic nitrogens is 4. The van der Waals surface area contributed by atoms with Crippen molar-refractivity contribution in [2.45, 2.75) is 46.4 Å². The van der Waals surface area contributed by atoms with Crippen LogP contribution in [0, 0.1) is 31.4 Å². The van der Waals surface area contributed by atoms with Crippen molar-refractivity contribution in [2.75, 3.05) is 6.61 Å². The molecule has 4 rings (SSSR count). The molecular formula is C25H28F2N6O4. The third-order valence-corrected chi connectivity index (χ3v) is 5.92. The van der Waals surface area contributed by atoms with E-state index in [2.05, 4.69) is 20.6 Å². The molecule has 0 fully saturated rings. The molecule has 37 heavy (non-hydrogen) atoms. The number of halogens is 2. The summed E-state index contributed by atoms with van der Waals surface area (Å²) in [5.74, 6) is -1.54. The molecule has 2 atom stereocenters. The number of carbonyl (C=O) groups is 1. The molecular weight excluding hydrogens is 486 g/mol. The molecule has 12 heteroatoms. The van der Waals surface area contributed by atoms with Crippen LogP contribution in [0.3, 0.4) is 0 Å². The normalized spacial score (nSPS) is 13.2. The van der Waals surface area contributed by atoms with E-state index in [0.29, 0.717) is 11.2 Å². The quantitative estimate of drug-likeness (QED) is 0.309. The number of ether oxygens (including phenoxy) is 1. The van der Waals surface area contributed by atoms with Crippen LogP contribution in [-0.2, 0) is 6.61 Å². The van der Waals surface area contributed by atoms with Crippen LogP contribution >= 0.6 is 0 Å². The highest BCUT2D eigenvalue weighted by Crippen LogP contribution is 2.26. The first-order chi connectivity index (χ1) is 17.6. The number of nitrogens with one attached hydrogen (secondary N) is 1. The maximum Gasteiger partial charge on any atom is 0.256 e. The Hall–Kier alpha value is -3.90. The number of aliphatic hydroxyl groups excluding tert-OH is 1. The van der Waals surface area contributed by atoms with Crippen LogP contribution in [0.5, 0.6) is 5.88 Å². The number of amides is 1. The Balaban J connectivity index is 1.61. The Kier molecular flexibility index (Phi) is 7.50. The Labute approximate surface area is 211 Å². The average molecular weight is 515 g/mol. The lowest BCUT2D eigenvalue weighted by atomic mass is 10.1. The molecule has 0 bridgehead atoms. The van der Waals surface area contributed by atoms with Crippen molar-refractivity contribution in [3.63, 3.8) is 0 Å². The van der Waals surface area contributed by atoms with Gasteiger partial charge >= 0.3 is 0 Å². The number of aliphatic hydroxyl groups is 1. The number of hydrogen-bond donors (Lipinski definition) is 3. The summed E-state index contributed by atoms with van der Waals surface area (Å²) in [7, 11) is 0. The van der Waals surface area contributed by atoms with Gasteiger partial charge in [0, 0.05) is 6.07 Å². The fraction of sp³-hybridized carbons (Fsp3) is 0.360. The molecule has 196 valence electrons. The molecule has 4 N–H and O–H groups in total. The van der Waals surface area contributed by atoms with E-state index in [9.17, 15) is 18.7 Å². The number of carbonyl (C=O) groups excluding carboxylic acids is 1. The van der Waals surface area contributed by atoms with E-state index in [0.717, 1.165) is 17.7 Å². The number of nitrogens with two attached hydrogens (primary N) is 1. The first kappa shape index (κ1) is 26.2. The highest BCUT2D eigenvalue weighted by molar-refractivity contribution is 6.02. The fourth-order valence-corrected chi connectivity index (χ4v) is 3.78. The second-order valence-corrected chi connectivity index (χ2v) is 9.07. The van der Waals surface area contributed by atoms with E-state index < -0.39 is 36.2 Å².